The molecule has 0 spiro atoms. The fourth-order valence-electron chi connectivity index (χ4n) is 2.59. The monoisotopic (exact) mass is 255 g/mol. The van der Waals surface area contributed by atoms with Crippen molar-refractivity contribution in [3.8, 4) is 17.2 Å². The zero-order chi connectivity index (χ0) is 13.3. The summed E-state index contributed by atoms with van der Waals surface area (Å²) in [6.45, 7) is 0.326. The van der Waals surface area contributed by atoms with Crippen LogP contribution in [0.1, 0.15) is 24.8 Å². The number of hydrogen-bond donors (Lipinski definition) is 2. The molecule has 0 amide bonds. The molecule has 3 N–H and O–H groups in total. The van der Waals surface area contributed by atoms with Gasteiger partial charge in [-0.2, -0.15) is 0 Å². The first-order valence-electron chi connectivity index (χ1n) is 5.93. The number of phenols is 1. The Labute approximate surface area is 106 Å². The third-order valence-corrected chi connectivity index (χ3v) is 3.82. The van der Waals surface area contributed by atoms with Gasteiger partial charge in [-0.05, 0) is 12.8 Å². The highest BCUT2D eigenvalue weighted by molar-refractivity contribution is 5.56. The van der Waals surface area contributed by atoms with Gasteiger partial charge in [0.25, 0.3) is 0 Å². The Hall–Kier alpha value is -1.49. The molecule has 0 aromatic heterocycles. The van der Waals surface area contributed by atoms with Crippen molar-refractivity contribution in [3.63, 3.8) is 0 Å². The summed E-state index contributed by atoms with van der Waals surface area (Å²) >= 11 is 0. The Morgan fingerprint density at radius 2 is 2.06 bits per heavy atom. The largest absolute Gasteiger partial charge is 0.505 e. The summed E-state index contributed by atoms with van der Waals surface area (Å²) in [5, 5.41) is 9.66. The van der Waals surface area contributed by atoms with Crippen LogP contribution in [0.25, 0.3) is 0 Å². The molecule has 0 aliphatic heterocycles. The molecule has 0 unspecified atom stereocenters. The fraction of sp³-hybridized carbons (Fsp3) is 0.538. The van der Waals surface area contributed by atoms with Crippen LogP contribution in [0.5, 0.6) is 17.2 Å². The van der Waals surface area contributed by atoms with Gasteiger partial charge in [0.15, 0.2) is 23.1 Å². The normalized spacial score (nSPS) is 17.1. The molecule has 2 rings (SSSR count). The van der Waals surface area contributed by atoms with E-state index in [9.17, 15) is 9.50 Å². The number of benzene rings is 1. The number of nitrogens with two attached hydrogens (primary N) is 1. The first kappa shape index (κ1) is 13.0. The summed E-state index contributed by atoms with van der Waals surface area (Å²) in [7, 11) is 2.91. The molecule has 100 valence electrons. The van der Waals surface area contributed by atoms with E-state index in [2.05, 4.69) is 0 Å². The van der Waals surface area contributed by atoms with Gasteiger partial charge in [0.2, 0.25) is 0 Å². The van der Waals surface area contributed by atoms with E-state index in [4.69, 9.17) is 15.2 Å². The first-order valence-corrected chi connectivity index (χ1v) is 5.93. The van der Waals surface area contributed by atoms with Crippen LogP contribution >= 0.6 is 0 Å². The second-order valence-electron chi connectivity index (χ2n) is 4.66. The Morgan fingerprint density at radius 3 is 2.44 bits per heavy atom. The molecule has 1 aromatic carbocycles. The Bertz CT molecular complexity index is 453. The predicted octanol–water partition coefficient (Wildman–Crippen LogP) is 1.93. The second kappa shape index (κ2) is 4.65. The number of halogens is 1. The van der Waals surface area contributed by atoms with Crippen molar-refractivity contribution in [3.05, 3.63) is 17.4 Å². The van der Waals surface area contributed by atoms with Gasteiger partial charge in [0.1, 0.15) is 0 Å². The van der Waals surface area contributed by atoms with E-state index in [1.807, 2.05) is 0 Å². The molecule has 1 aliphatic carbocycles. The molecular weight excluding hydrogens is 237 g/mol. The number of phenolic OH excluding ortho intramolecular Hbond substituents is 1. The maximum atomic E-state index is 14.2. The van der Waals surface area contributed by atoms with Crippen LogP contribution in [0.4, 0.5) is 4.39 Å². The van der Waals surface area contributed by atoms with E-state index in [1.165, 1.54) is 20.3 Å². The molecule has 0 bridgehead atoms. The lowest BCUT2D eigenvalue weighted by molar-refractivity contribution is 0.228. The van der Waals surface area contributed by atoms with Crippen LogP contribution in [-0.2, 0) is 5.41 Å². The highest BCUT2D eigenvalue weighted by atomic mass is 19.1. The lowest BCUT2D eigenvalue weighted by atomic mass is 9.64. The number of ether oxygens (including phenoxy) is 2. The van der Waals surface area contributed by atoms with Crippen LogP contribution in [0.15, 0.2) is 6.07 Å². The average Bonchev–Trinajstić information content (AvgIpc) is 2.33. The Kier molecular flexibility index (Phi) is 3.34. The summed E-state index contributed by atoms with van der Waals surface area (Å²) in [5.74, 6) is -0.427. The zero-order valence-electron chi connectivity index (χ0n) is 10.6. The number of hydrogen-bond acceptors (Lipinski definition) is 4. The van der Waals surface area contributed by atoms with Gasteiger partial charge >= 0.3 is 0 Å². The molecule has 5 heteroatoms. The number of rotatable bonds is 4. The topological polar surface area (TPSA) is 64.7 Å². The van der Waals surface area contributed by atoms with Crippen molar-refractivity contribution in [2.45, 2.75) is 24.7 Å². The molecule has 0 saturated heterocycles. The molecule has 18 heavy (non-hydrogen) atoms. The van der Waals surface area contributed by atoms with E-state index in [0.717, 1.165) is 19.3 Å². The highest BCUT2D eigenvalue weighted by Crippen LogP contribution is 2.51. The molecule has 1 fully saturated rings. The predicted molar refractivity (Wildman–Crippen MR) is 65.8 cm³/mol. The van der Waals surface area contributed by atoms with Crippen molar-refractivity contribution in [2.75, 3.05) is 20.8 Å². The van der Waals surface area contributed by atoms with Crippen LogP contribution in [-0.4, -0.2) is 25.9 Å². The van der Waals surface area contributed by atoms with Gasteiger partial charge in [-0.15, -0.1) is 0 Å². The van der Waals surface area contributed by atoms with Gasteiger partial charge in [-0.3, -0.25) is 0 Å². The first-order chi connectivity index (χ1) is 8.59. The molecule has 0 radical (unpaired) electrons. The van der Waals surface area contributed by atoms with Crippen LogP contribution in [0.2, 0.25) is 0 Å². The van der Waals surface area contributed by atoms with Gasteiger partial charge < -0.3 is 20.3 Å². The lowest BCUT2D eigenvalue weighted by Gasteiger charge is -2.42. The third-order valence-electron chi connectivity index (χ3n) is 3.82. The molecular formula is C13H18FNO3. The van der Waals surface area contributed by atoms with E-state index in [-0.39, 0.29) is 0 Å². The quantitative estimate of drug-likeness (QED) is 0.862. The fourth-order valence-corrected chi connectivity index (χ4v) is 2.59. The molecule has 1 saturated carbocycles. The van der Waals surface area contributed by atoms with Crippen molar-refractivity contribution >= 4 is 0 Å². The van der Waals surface area contributed by atoms with Crippen molar-refractivity contribution in [1.29, 1.82) is 0 Å². The lowest BCUT2D eigenvalue weighted by Crippen LogP contribution is -2.42. The van der Waals surface area contributed by atoms with Crippen LogP contribution in [0.3, 0.4) is 0 Å². The molecule has 0 atom stereocenters. The van der Waals surface area contributed by atoms with E-state index >= 15 is 0 Å². The van der Waals surface area contributed by atoms with Gasteiger partial charge in [0, 0.05) is 23.6 Å². The third kappa shape index (κ3) is 1.70. The van der Waals surface area contributed by atoms with Gasteiger partial charge in [0.05, 0.1) is 14.2 Å². The maximum Gasteiger partial charge on any atom is 0.172 e. The maximum absolute atomic E-state index is 14.2. The second-order valence-corrected chi connectivity index (χ2v) is 4.66. The molecule has 1 aromatic rings. The molecule has 0 heterocycles. The van der Waals surface area contributed by atoms with Crippen molar-refractivity contribution in [2.24, 2.45) is 5.73 Å². The SMILES string of the molecule is COc1cc(O)c(F)c(C2(CN)CCC2)c1OC. The number of methoxy groups -OCH3 is 2. The van der Waals surface area contributed by atoms with Crippen LogP contribution < -0.4 is 15.2 Å². The summed E-state index contributed by atoms with van der Waals surface area (Å²) in [5.41, 5.74) is 5.69. The Balaban J connectivity index is 2.66. The summed E-state index contributed by atoms with van der Waals surface area (Å²) in [4.78, 5) is 0. The number of aromatic hydroxyl groups is 1. The Morgan fingerprint density at radius 1 is 1.39 bits per heavy atom. The summed E-state index contributed by atoms with van der Waals surface area (Å²) in [6.07, 6.45) is 2.59. The minimum atomic E-state index is -0.655. The van der Waals surface area contributed by atoms with Crippen molar-refractivity contribution in [1.82, 2.24) is 0 Å². The minimum absolute atomic E-state index is 0.325. The summed E-state index contributed by atoms with van der Waals surface area (Å²) < 4.78 is 24.6. The molecule has 1 aliphatic rings. The van der Waals surface area contributed by atoms with E-state index in [0.29, 0.717) is 23.6 Å². The minimum Gasteiger partial charge on any atom is -0.505 e. The summed E-state index contributed by atoms with van der Waals surface area (Å²) in [6, 6.07) is 1.22. The van der Waals surface area contributed by atoms with Crippen molar-refractivity contribution < 1.29 is 19.0 Å². The standard InChI is InChI=1S/C13H18FNO3/c1-17-9-6-8(16)11(14)10(12(9)18-2)13(7-15)4-3-5-13/h6,16H,3-5,7,15H2,1-2H3. The zero-order valence-corrected chi connectivity index (χ0v) is 10.6. The van der Waals surface area contributed by atoms with Gasteiger partial charge in [-0.1, -0.05) is 6.42 Å². The molecule has 4 nitrogen and oxygen atoms in total. The van der Waals surface area contributed by atoms with Gasteiger partial charge in [-0.25, -0.2) is 4.39 Å². The average molecular weight is 255 g/mol. The van der Waals surface area contributed by atoms with E-state index < -0.39 is 17.0 Å². The smallest absolute Gasteiger partial charge is 0.172 e. The van der Waals surface area contributed by atoms with E-state index in [1.54, 1.807) is 0 Å². The van der Waals surface area contributed by atoms with Crippen LogP contribution in [0, 0.1) is 5.82 Å². The highest BCUT2D eigenvalue weighted by Gasteiger charge is 2.43.